The number of hydrogen-bond acceptors (Lipinski definition) is 5. The minimum absolute atomic E-state index is 0.107. The van der Waals surface area contributed by atoms with E-state index in [4.69, 9.17) is 4.74 Å². The lowest BCUT2D eigenvalue weighted by molar-refractivity contribution is -0.0199. The Hall–Kier alpha value is -1.93. The molecule has 1 fully saturated rings. The van der Waals surface area contributed by atoms with Gasteiger partial charge in [0.15, 0.2) is 5.82 Å². The summed E-state index contributed by atoms with van der Waals surface area (Å²) in [5, 5.41) is 14.7. The van der Waals surface area contributed by atoms with Crippen LogP contribution in [0, 0.1) is 0 Å². The van der Waals surface area contributed by atoms with Gasteiger partial charge < -0.3 is 19.5 Å². The van der Waals surface area contributed by atoms with Gasteiger partial charge in [0, 0.05) is 18.5 Å². The molecule has 7 nitrogen and oxygen atoms in total. The molecule has 1 saturated heterocycles. The van der Waals surface area contributed by atoms with Crippen LogP contribution in [0.25, 0.3) is 0 Å². The molecular formula is C13H17N5O2S. The van der Waals surface area contributed by atoms with E-state index in [9.17, 15) is 4.79 Å². The summed E-state index contributed by atoms with van der Waals surface area (Å²) in [6.07, 6.45) is 1.46. The molecule has 0 radical (unpaired) electrons. The van der Waals surface area contributed by atoms with Crippen molar-refractivity contribution in [3.8, 4) is 0 Å². The summed E-state index contributed by atoms with van der Waals surface area (Å²) in [5.74, 6) is 0.769. The summed E-state index contributed by atoms with van der Waals surface area (Å²) in [5.41, 5.74) is 0.824. The molecule has 0 saturated carbocycles. The van der Waals surface area contributed by atoms with Gasteiger partial charge in [-0.05, 0) is 18.4 Å². The minimum atomic E-state index is -0.227. The van der Waals surface area contributed by atoms with Gasteiger partial charge in [0.1, 0.15) is 12.4 Å². The van der Waals surface area contributed by atoms with E-state index < -0.39 is 0 Å². The molecule has 3 heterocycles. The second-order valence-corrected chi connectivity index (χ2v) is 5.50. The molecule has 1 unspecified atom stereocenters. The fraction of sp³-hybridized carbons (Fsp3) is 0.462. The van der Waals surface area contributed by atoms with Gasteiger partial charge in [-0.2, -0.15) is 11.3 Å². The van der Waals surface area contributed by atoms with Crippen LogP contribution in [-0.4, -0.2) is 45.4 Å². The monoisotopic (exact) mass is 307 g/mol. The number of nitrogens with one attached hydrogen (secondary N) is 1. The smallest absolute Gasteiger partial charge is 0.322 e. The van der Waals surface area contributed by atoms with Gasteiger partial charge in [-0.15, -0.1) is 10.2 Å². The van der Waals surface area contributed by atoms with Crippen LogP contribution >= 0.6 is 11.3 Å². The van der Waals surface area contributed by atoms with Crippen molar-refractivity contribution in [2.75, 3.05) is 25.0 Å². The number of thiophene rings is 1. The zero-order valence-electron chi connectivity index (χ0n) is 11.7. The maximum absolute atomic E-state index is 12.3. The van der Waals surface area contributed by atoms with Crippen molar-refractivity contribution >= 4 is 23.1 Å². The second kappa shape index (κ2) is 6.23. The molecule has 0 spiro atoms. The highest BCUT2D eigenvalue weighted by molar-refractivity contribution is 7.08. The van der Waals surface area contributed by atoms with Crippen LogP contribution in [0.4, 0.5) is 10.5 Å². The number of nitrogens with zero attached hydrogens (tertiary/aromatic N) is 4. The summed E-state index contributed by atoms with van der Waals surface area (Å²) < 4.78 is 7.67. The molecule has 2 amide bonds. The molecule has 112 valence electrons. The molecule has 0 aromatic carbocycles. The molecule has 0 aliphatic carbocycles. The molecule has 2 aromatic heterocycles. The van der Waals surface area contributed by atoms with Crippen molar-refractivity contribution in [1.29, 1.82) is 0 Å². The Balaban J connectivity index is 1.67. The fourth-order valence-corrected chi connectivity index (χ4v) is 2.87. The zero-order chi connectivity index (χ0) is 14.7. The SMILES string of the molecule is CCn1cnnc1C1CN(C(=O)Nc2ccsc2)CCO1. The molecule has 1 atom stereocenters. The largest absolute Gasteiger partial charge is 0.366 e. The Bertz CT molecular complexity index is 597. The molecule has 1 aliphatic rings. The van der Waals surface area contributed by atoms with Gasteiger partial charge >= 0.3 is 6.03 Å². The summed E-state index contributed by atoms with van der Waals surface area (Å²) in [7, 11) is 0. The number of aromatic nitrogens is 3. The Morgan fingerprint density at radius 2 is 2.52 bits per heavy atom. The highest BCUT2D eigenvalue weighted by Crippen LogP contribution is 2.21. The van der Waals surface area contributed by atoms with Gasteiger partial charge in [0.2, 0.25) is 0 Å². The highest BCUT2D eigenvalue weighted by Gasteiger charge is 2.28. The number of ether oxygens (including phenoxy) is 1. The van der Waals surface area contributed by atoms with E-state index in [1.807, 2.05) is 28.3 Å². The van der Waals surface area contributed by atoms with Crippen LogP contribution in [0.3, 0.4) is 0 Å². The molecule has 2 aromatic rings. The third-order valence-electron chi connectivity index (χ3n) is 3.40. The number of carbonyl (C=O) groups excluding carboxylic acids is 1. The highest BCUT2D eigenvalue weighted by atomic mass is 32.1. The van der Waals surface area contributed by atoms with Crippen molar-refractivity contribution in [2.45, 2.75) is 19.6 Å². The zero-order valence-corrected chi connectivity index (χ0v) is 12.5. The molecular weight excluding hydrogens is 290 g/mol. The van der Waals surface area contributed by atoms with E-state index in [-0.39, 0.29) is 12.1 Å². The number of hydrogen-bond donors (Lipinski definition) is 1. The Morgan fingerprint density at radius 3 is 3.29 bits per heavy atom. The molecule has 1 N–H and O–H groups in total. The Kier molecular flexibility index (Phi) is 4.16. The van der Waals surface area contributed by atoms with Gasteiger partial charge in [0.25, 0.3) is 0 Å². The van der Waals surface area contributed by atoms with Gasteiger partial charge in [-0.25, -0.2) is 4.79 Å². The quantitative estimate of drug-likeness (QED) is 0.941. The number of carbonyl (C=O) groups is 1. The minimum Gasteiger partial charge on any atom is -0.366 e. The summed E-state index contributed by atoms with van der Waals surface area (Å²) in [6, 6.07) is 1.78. The van der Waals surface area contributed by atoms with Gasteiger partial charge in [0.05, 0.1) is 18.8 Å². The van der Waals surface area contributed by atoms with E-state index in [0.717, 1.165) is 18.1 Å². The van der Waals surface area contributed by atoms with E-state index >= 15 is 0 Å². The van der Waals surface area contributed by atoms with Crippen LogP contribution in [0.2, 0.25) is 0 Å². The fourth-order valence-electron chi connectivity index (χ4n) is 2.28. The van der Waals surface area contributed by atoms with Crippen LogP contribution in [0.5, 0.6) is 0 Å². The first-order valence-electron chi connectivity index (χ1n) is 6.85. The van der Waals surface area contributed by atoms with Crippen molar-refractivity contribution in [3.63, 3.8) is 0 Å². The van der Waals surface area contributed by atoms with Crippen molar-refractivity contribution < 1.29 is 9.53 Å². The van der Waals surface area contributed by atoms with E-state index in [0.29, 0.717) is 19.7 Å². The van der Waals surface area contributed by atoms with Gasteiger partial charge in [-0.1, -0.05) is 0 Å². The predicted octanol–water partition coefficient (Wildman–Crippen LogP) is 1.96. The molecule has 3 rings (SSSR count). The van der Waals surface area contributed by atoms with Crippen LogP contribution < -0.4 is 5.32 Å². The summed E-state index contributed by atoms with van der Waals surface area (Å²) in [4.78, 5) is 14.0. The second-order valence-electron chi connectivity index (χ2n) is 4.72. The van der Waals surface area contributed by atoms with E-state index in [2.05, 4.69) is 15.5 Å². The predicted molar refractivity (Wildman–Crippen MR) is 79.3 cm³/mol. The molecule has 21 heavy (non-hydrogen) atoms. The molecule has 1 aliphatic heterocycles. The maximum atomic E-state index is 12.3. The number of anilines is 1. The molecule has 0 bridgehead atoms. The number of amides is 2. The number of rotatable bonds is 3. The first kappa shape index (κ1) is 14.0. The van der Waals surface area contributed by atoms with Crippen LogP contribution in [-0.2, 0) is 11.3 Å². The van der Waals surface area contributed by atoms with Crippen LogP contribution in [0.1, 0.15) is 18.9 Å². The standard InChI is InChI=1S/C13H17N5O2S/c1-2-17-9-14-16-12(17)11-7-18(4-5-20-11)13(19)15-10-3-6-21-8-10/h3,6,8-9,11H,2,4-5,7H2,1H3,(H,15,19). The third kappa shape index (κ3) is 3.06. The van der Waals surface area contributed by atoms with E-state index in [1.54, 1.807) is 22.6 Å². The number of morpholine rings is 1. The lowest BCUT2D eigenvalue weighted by Gasteiger charge is -2.32. The van der Waals surface area contributed by atoms with Crippen molar-refractivity contribution in [1.82, 2.24) is 19.7 Å². The van der Waals surface area contributed by atoms with Crippen LogP contribution in [0.15, 0.2) is 23.2 Å². The lowest BCUT2D eigenvalue weighted by atomic mass is 10.2. The Morgan fingerprint density at radius 1 is 1.62 bits per heavy atom. The van der Waals surface area contributed by atoms with Crippen molar-refractivity contribution in [2.24, 2.45) is 0 Å². The average molecular weight is 307 g/mol. The molecule has 8 heteroatoms. The lowest BCUT2D eigenvalue weighted by Crippen LogP contribution is -2.44. The normalized spacial score (nSPS) is 18.7. The Labute approximate surface area is 126 Å². The summed E-state index contributed by atoms with van der Waals surface area (Å²) in [6.45, 7) is 4.36. The maximum Gasteiger partial charge on any atom is 0.322 e. The number of urea groups is 1. The third-order valence-corrected chi connectivity index (χ3v) is 4.08. The average Bonchev–Trinajstić information content (AvgIpc) is 3.18. The van der Waals surface area contributed by atoms with Crippen molar-refractivity contribution in [3.05, 3.63) is 29.0 Å². The van der Waals surface area contributed by atoms with Gasteiger partial charge in [-0.3, -0.25) is 0 Å². The van der Waals surface area contributed by atoms with E-state index in [1.165, 1.54) is 0 Å². The first-order valence-corrected chi connectivity index (χ1v) is 7.79. The summed E-state index contributed by atoms with van der Waals surface area (Å²) >= 11 is 1.55. The topological polar surface area (TPSA) is 72.3 Å². The number of aryl methyl sites for hydroxylation is 1. The first-order chi connectivity index (χ1) is 10.3.